The van der Waals surface area contributed by atoms with Crippen molar-refractivity contribution in [3.63, 3.8) is 0 Å². The maximum Gasteiger partial charge on any atom is 0.112 e. The molecule has 1 fully saturated rings. The number of hydrogen-bond acceptors (Lipinski definition) is 2. The highest BCUT2D eigenvalue weighted by atomic mass is 16.5. The van der Waals surface area contributed by atoms with Crippen LogP contribution in [0.1, 0.15) is 40.0 Å². The fraction of sp³-hybridized carbons (Fsp3) is 0.625. The summed E-state index contributed by atoms with van der Waals surface area (Å²) in [5.41, 5.74) is 0. The third-order valence-corrected chi connectivity index (χ3v) is 2.80. The molecule has 0 spiro atoms. The van der Waals surface area contributed by atoms with Crippen LogP contribution < -0.4 is 0 Å². The summed E-state index contributed by atoms with van der Waals surface area (Å²) in [5, 5.41) is 0. The predicted octanol–water partition coefficient (Wildman–Crippen LogP) is 4.16. The van der Waals surface area contributed by atoms with E-state index in [2.05, 4.69) is 18.5 Å². The predicted molar refractivity (Wildman–Crippen MR) is 80.7 cm³/mol. The Morgan fingerprint density at radius 1 is 1.22 bits per heavy atom. The Hall–Kier alpha value is -1.02. The first-order chi connectivity index (χ1) is 8.72. The van der Waals surface area contributed by atoms with Crippen molar-refractivity contribution in [2.75, 3.05) is 20.1 Å². The summed E-state index contributed by atoms with van der Waals surface area (Å²) in [4.78, 5) is 2.36. The molecule has 0 aromatic rings. The molecule has 0 aliphatic carbocycles. The van der Waals surface area contributed by atoms with Crippen LogP contribution in [0.25, 0.3) is 0 Å². The van der Waals surface area contributed by atoms with Crippen molar-refractivity contribution in [3.8, 4) is 0 Å². The first kappa shape index (κ1) is 17.0. The second kappa shape index (κ2) is 11.1. The molecule has 1 aliphatic rings. The van der Waals surface area contributed by atoms with Gasteiger partial charge in [0.25, 0.3) is 0 Å². The van der Waals surface area contributed by atoms with E-state index < -0.39 is 0 Å². The minimum absolute atomic E-state index is 0.340. The summed E-state index contributed by atoms with van der Waals surface area (Å²) in [5.74, 6) is 0.771. The van der Waals surface area contributed by atoms with Crippen molar-refractivity contribution in [1.29, 1.82) is 0 Å². The quantitative estimate of drug-likeness (QED) is 0.549. The molecule has 1 rings (SSSR count). The molecule has 104 valence electrons. The van der Waals surface area contributed by atoms with Gasteiger partial charge in [-0.25, -0.2) is 0 Å². The summed E-state index contributed by atoms with van der Waals surface area (Å²) in [6, 6.07) is 0. The monoisotopic (exact) mass is 251 g/mol. The van der Waals surface area contributed by atoms with Crippen LogP contribution in [0.2, 0.25) is 0 Å². The van der Waals surface area contributed by atoms with Gasteiger partial charge in [-0.1, -0.05) is 38.7 Å². The van der Waals surface area contributed by atoms with Crippen LogP contribution in [-0.2, 0) is 4.74 Å². The van der Waals surface area contributed by atoms with Gasteiger partial charge in [-0.15, -0.1) is 0 Å². The second-order valence-electron chi connectivity index (χ2n) is 4.33. The lowest BCUT2D eigenvalue weighted by atomic mass is 10.1. The van der Waals surface area contributed by atoms with Crippen LogP contribution in [-0.4, -0.2) is 31.1 Å². The van der Waals surface area contributed by atoms with E-state index in [0.29, 0.717) is 6.10 Å². The number of rotatable bonds is 4. The fourth-order valence-electron chi connectivity index (χ4n) is 1.85. The number of hydrogen-bond donors (Lipinski definition) is 0. The standard InChI is InChI=1S/C14H23NO.C2H6/c1-4-5-6-8-13(2)16-14-9-7-11-15(3)12-10-14;1-2/h4-6,8,14H,2,7,9-12H2,1,3H3;1-2H3/b5-4-,8-6-;. The van der Waals surface area contributed by atoms with E-state index in [4.69, 9.17) is 4.74 Å². The van der Waals surface area contributed by atoms with Crippen LogP contribution in [0, 0.1) is 0 Å². The lowest BCUT2D eigenvalue weighted by Gasteiger charge is -2.17. The lowest BCUT2D eigenvalue weighted by Crippen LogP contribution is -2.20. The van der Waals surface area contributed by atoms with E-state index in [9.17, 15) is 0 Å². The highest BCUT2D eigenvalue weighted by Gasteiger charge is 2.15. The summed E-state index contributed by atoms with van der Waals surface area (Å²) >= 11 is 0. The molecule has 1 unspecified atom stereocenters. The molecule has 1 saturated heterocycles. The molecule has 0 aromatic carbocycles. The smallest absolute Gasteiger partial charge is 0.112 e. The van der Waals surface area contributed by atoms with Gasteiger partial charge in [0, 0.05) is 6.54 Å². The molecular formula is C16H29NO. The summed E-state index contributed by atoms with van der Waals surface area (Å²) in [6.45, 7) is 12.2. The van der Waals surface area contributed by atoms with Crippen LogP contribution in [0.3, 0.4) is 0 Å². The highest BCUT2D eigenvalue weighted by molar-refractivity contribution is 5.14. The minimum Gasteiger partial charge on any atom is -0.491 e. The zero-order chi connectivity index (χ0) is 13.8. The van der Waals surface area contributed by atoms with Crippen molar-refractivity contribution in [2.45, 2.75) is 46.1 Å². The highest BCUT2D eigenvalue weighted by Crippen LogP contribution is 2.16. The summed E-state index contributed by atoms with van der Waals surface area (Å²) in [6.07, 6.45) is 11.7. The van der Waals surface area contributed by atoms with Crippen LogP contribution in [0.5, 0.6) is 0 Å². The van der Waals surface area contributed by atoms with Crippen molar-refractivity contribution >= 4 is 0 Å². The van der Waals surface area contributed by atoms with Crippen LogP contribution >= 0.6 is 0 Å². The van der Waals surface area contributed by atoms with Gasteiger partial charge in [0.05, 0.1) is 6.10 Å². The molecule has 1 aliphatic heterocycles. The third kappa shape index (κ3) is 8.13. The molecule has 2 heteroatoms. The molecule has 0 bridgehead atoms. The van der Waals surface area contributed by atoms with E-state index in [1.54, 1.807) is 0 Å². The fourth-order valence-corrected chi connectivity index (χ4v) is 1.85. The molecule has 0 aromatic heterocycles. The summed E-state index contributed by atoms with van der Waals surface area (Å²) < 4.78 is 5.82. The molecule has 0 N–H and O–H groups in total. The Morgan fingerprint density at radius 2 is 1.94 bits per heavy atom. The maximum atomic E-state index is 5.82. The maximum absolute atomic E-state index is 5.82. The van der Waals surface area contributed by atoms with Gasteiger partial charge in [0.15, 0.2) is 0 Å². The first-order valence-corrected chi connectivity index (χ1v) is 7.06. The van der Waals surface area contributed by atoms with Gasteiger partial charge in [0.2, 0.25) is 0 Å². The molecule has 0 amide bonds. The Labute approximate surface area is 113 Å². The van der Waals surface area contributed by atoms with Crippen LogP contribution in [0.4, 0.5) is 0 Å². The first-order valence-electron chi connectivity index (χ1n) is 7.06. The van der Waals surface area contributed by atoms with Gasteiger partial charge in [-0.3, -0.25) is 0 Å². The average Bonchev–Trinajstić information content (AvgIpc) is 2.57. The van der Waals surface area contributed by atoms with Gasteiger partial charge in [-0.2, -0.15) is 0 Å². The normalized spacial score (nSPS) is 21.4. The van der Waals surface area contributed by atoms with Crippen molar-refractivity contribution in [1.82, 2.24) is 4.90 Å². The zero-order valence-electron chi connectivity index (χ0n) is 12.5. The second-order valence-corrected chi connectivity index (χ2v) is 4.33. The molecule has 1 atom stereocenters. The zero-order valence-corrected chi connectivity index (χ0v) is 12.5. The summed E-state index contributed by atoms with van der Waals surface area (Å²) in [7, 11) is 2.17. The van der Waals surface area contributed by atoms with Gasteiger partial charge >= 0.3 is 0 Å². The van der Waals surface area contributed by atoms with E-state index in [1.807, 2.05) is 45.1 Å². The largest absolute Gasteiger partial charge is 0.491 e. The van der Waals surface area contributed by atoms with Crippen molar-refractivity contribution in [3.05, 3.63) is 36.6 Å². The molecule has 1 heterocycles. The minimum atomic E-state index is 0.340. The number of ether oxygens (including phenoxy) is 1. The molecule has 0 radical (unpaired) electrons. The van der Waals surface area contributed by atoms with Gasteiger partial charge in [0.1, 0.15) is 5.76 Å². The Balaban J connectivity index is 0.00000137. The van der Waals surface area contributed by atoms with E-state index in [1.165, 1.54) is 13.0 Å². The Bertz CT molecular complexity index is 268. The third-order valence-electron chi connectivity index (χ3n) is 2.80. The van der Waals surface area contributed by atoms with E-state index in [-0.39, 0.29) is 0 Å². The average molecular weight is 251 g/mol. The van der Waals surface area contributed by atoms with E-state index >= 15 is 0 Å². The Kier molecular flexibility index (Phi) is 10.5. The van der Waals surface area contributed by atoms with Crippen molar-refractivity contribution < 1.29 is 4.74 Å². The number of allylic oxidation sites excluding steroid dienone is 4. The number of likely N-dealkylation sites (tertiary alicyclic amines) is 1. The van der Waals surface area contributed by atoms with Crippen LogP contribution in [0.15, 0.2) is 36.6 Å². The molecule has 18 heavy (non-hydrogen) atoms. The van der Waals surface area contributed by atoms with Crippen molar-refractivity contribution in [2.24, 2.45) is 0 Å². The van der Waals surface area contributed by atoms with Gasteiger partial charge in [-0.05, 0) is 45.9 Å². The van der Waals surface area contributed by atoms with E-state index in [0.717, 1.165) is 25.1 Å². The molecule has 2 nitrogen and oxygen atoms in total. The molecular weight excluding hydrogens is 222 g/mol. The lowest BCUT2D eigenvalue weighted by molar-refractivity contribution is 0.112. The topological polar surface area (TPSA) is 12.5 Å². The number of nitrogens with zero attached hydrogens (tertiary/aromatic N) is 1. The van der Waals surface area contributed by atoms with Gasteiger partial charge < -0.3 is 9.64 Å². The SMILES string of the molecule is C=C(/C=C\C=C/C)OC1CCCN(C)CC1.CC. The molecule has 0 saturated carbocycles. The Morgan fingerprint density at radius 3 is 2.61 bits per heavy atom.